The van der Waals surface area contributed by atoms with Gasteiger partial charge in [-0.1, -0.05) is 23.7 Å². The number of aromatic hydroxyl groups is 1. The smallest absolute Gasteiger partial charge is 0.424 e. The van der Waals surface area contributed by atoms with E-state index in [9.17, 15) is 18.3 Å². The molecule has 1 unspecified atom stereocenters. The van der Waals surface area contributed by atoms with Crippen molar-refractivity contribution in [2.75, 3.05) is 18.0 Å². The monoisotopic (exact) mass is 382 g/mol. The predicted molar refractivity (Wildman–Crippen MR) is 92.8 cm³/mol. The Hall–Kier alpha value is -2.45. The van der Waals surface area contributed by atoms with E-state index in [0.717, 1.165) is 11.4 Å². The van der Waals surface area contributed by atoms with Crippen molar-refractivity contribution in [3.63, 3.8) is 0 Å². The molecule has 7 nitrogen and oxygen atoms in total. The van der Waals surface area contributed by atoms with Gasteiger partial charge in [-0.2, -0.15) is 12.7 Å². The van der Waals surface area contributed by atoms with E-state index in [4.69, 9.17) is 11.6 Å². The van der Waals surface area contributed by atoms with E-state index in [1.54, 1.807) is 36.4 Å². The average Bonchev–Trinajstić information content (AvgIpc) is 2.86. The predicted octanol–water partition coefficient (Wildman–Crippen LogP) is 2.92. The summed E-state index contributed by atoms with van der Waals surface area (Å²) in [4.78, 5) is 11.9. The van der Waals surface area contributed by atoms with Gasteiger partial charge in [0, 0.05) is 5.02 Å². The lowest BCUT2D eigenvalue weighted by Gasteiger charge is -2.24. The Morgan fingerprint density at radius 1 is 1.24 bits per heavy atom. The average molecular weight is 383 g/mol. The van der Waals surface area contributed by atoms with Crippen molar-refractivity contribution in [2.24, 2.45) is 0 Å². The minimum atomic E-state index is -4.15. The van der Waals surface area contributed by atoms with Crippen LogP contribution in [0.4, 0.5) is 10.5 Å². The molecule has 0 spiro atoms. The van der Waals surface area contributed by atoms with E-state index < -0.39 is 22.3 Å². The molecule has 25 heavy (non-hydrogen) atoms. The fraction of sp³-hybridized carbons (Fsp3) is 0.188. The van der Waals surface area contributed by atoms with Gasteiger partial charge >= 0.3 is 16.3 Å². The largest absolute Gasteiger partial charge is 0.508 e. The zero-order chi connectivity index (χ0) is 18.2. The first-order chi connectivity index (χ1) is 11.8. The maximum absolute atomic E-state index is 12.9. The van der Waals surface area contributed by atoms with Crippen molar-refractivity contribution in [1.82, 2.24) is 4.31 Å². The van der Waals surface area contributed by atoms with Crippen molar-refractivity contribution in [3.8, 4) is 5.75 Å². The van der Waals surface area contributed by atoms with Gasteiger partial charge in [0.05, 0.1) is 25.4 Å². The number of benzene rings is 2. The summed E-state index contributed by atoms with van der Waals surface area (Å²) in [5.41, 5.74) is 0.897. The number of phenolic OH excluding ortho intramolecular Hbond substituents is 1. The fourth-order valence-corrected chi connectivity index (χ4v) is 4.57. The number of carbonyl (C=O) groups is 1. The highest BCUT2D eigenvalue weighted by Gasteiger charge is 2.48. The summed E-state index contributed by atoms with van der Waals surface area (Å²) in [7, 11) is -3.03. The first-order valence-corrected chi connectivity index (χ1v) is 9.06. The van der Waals surface area contributed by atoms with Crippen LogP contribution in [0.1, 0.15) is 11.6 Å². The van der Waals surface area contributed by atoms with Crippen LogP contribution in [0.5, 0.6) is 5.75 Å². The molecule has 0 bridgehead atoms. The Kier molecular flexibility index (Phi) is 4.49. The van der Waals surface area contributed by atoms with Crippen LogP contribution in [0.25, 0.3) is 0 Å². The third-order valence-corrected chi connectivity index (χ3v) is 5.93. The van der Waals surface area contributed by atoms with E-state index in [1.165, 1.54) is 12.1 Å². The van der Waals surface area contributed by atoms with Crippen LogP contribution >= 0.6 is 11.6 Å². The minimum absolute atomic E-state index is 0.00229. The second-order valence-electron chi connectivity index (χ2n) is 5.39. The Balaban J connectivity index is 2.14. The van der Waals surface area contributed by atoms with Gasteiger partial charge in [0.1, 0.15) is 5.75 Å². The highest BCUT2D eigenvalue weighted by molar-refractivity contribution is 7.91. The van der Waals surface area contributed by atoms with Gasteiger partial charge in [-0.3, -0.25) is 0 Å². The Morgan fingerprint density at radius 2 is 1.92 bits per heavy atom. The molecule has 1 saturated heterocycles. The van der Waals surface area contributed by atoms with Crippen LogP contribution in [0.3, 0.4) is 0 Å². The van der Waals surface area contributed by atoms with E-state index >= 15 is 0 Å². The Bertz CT molecular complexity index is 901. The van der Waals surface area contributed by atoms with Crippen molar-refractivity contribution in [2.45, 2.75) is 6.04 Å². The zero-order valence-corrected chi connectivity index (χ0v) is 14.7. The summed E-state index contributed by atoms with van der Waals surface area (Å²) in [6, 6.07) is 11.8. The molecular weight excluding hydrogens is 368 g/mol. The van der Waals surface area contributed by atoms with Gasteiger partial charge in [-0.25, -0.2) is 9.10 Å². The van der Waals surface area contributed by atoms with Gasteiger partial charge in [-0.05, 0) is 42.0 Å². The molecule has 1 N–H and O–H groups in total. The van der Waals surface area contributed by atoms with E-state index in [1.807, 2.05) is 0 Å². The van der Waals surface area contributed by atoms with Crippen molar-refractivity contribution in [1.29, 1.82) is 0 Å². The van der Waals surface area contributed by atoms with E-state index in [2.05, 4.69) is 4.74 Å². The maximum Gasteiger partial charge on any atom is 0.424 e. The number of ether oxygens (including phenoxy) is 1. The highest BCUT2D eigenvalue weighted by Crippen LogP contribution is 2.39. The number of methoxy groups -OCH3 is 1. The Labute approximate surface area is 150 Å². The lowest BCUT2D eigenvalue weighted by Crippen LogP contribution is -2.37. The number of hydrogen-bond donors (Lipinski definition) is 1. The third kappa shape index (κ3) is 3.10. The number of nitrogens with zero attached hydrogens (tertiary/aromatic N) is 2. The van der Waals surface area contributed by atoms with Crippen LogP contribution < -0.4 is 4.31 Å². The van der Waals surface area contributed by atoms with Crippen LogP contribution in [0, 0.1) is 0 Å². The number of hydrogen-bond acceptors (Lipinski definition) is 5. The van der Waals surface area contributed by atoms with E-state index in [-0.39, 0.29) is 12.3 Å². The summed E-state index contributed by atoms with van der Waals surface area (Å²) in [5, 5.41) is 10.2. The number of carbonyl (C=O) groups excluding carboxylic acids is 1. The molecule has 0 saturated carbocycles. The molecule has 0 aromatic heterocycles. The Morgan fingerprint density at radius 3 is 2.52 bits per heavy atom. The lowest BCUT2D eigenvalue weighted by atomic mass is 10.1. The highest BCUT2D eigenvalue weighted by atomic mass is 35.5. The first kappa shape index (κ1) is 17.4. The molecule has 132 valence electrons. The molecule has 1 aliphatic rings. The number of halogens is 1. The normalized spacial score (nSPS) is 19.0. The molecule has 3 rings (SSSR count). The topological polar surface area (TPSA) is 87.2 Å². The van der Waals surface area contributed by atoms with Gasteiger partial charge in [0.2, 0.25) is 0 Å². The molecule has 2 aromatic rings. The quantitative estimate of drug-likeness (QED) is 0.862. The molecule has 1 amide bonds. The first-order valence-electron chi connectivity index (χ1n) is 7.29. The van der Waals surface area contributed by atoms with Crippen molar-refractivity contribution in [3.05, 3.63) is 59.1 Å². The molecule has 1 heterocycles. The lowest BCUT2D eigenvalue weighted by molar-refractivity contribution is 0.150. The summed E-state index contributed by atoms with van der Waals surface area (Å²) in [6.07, 6.45) is -0.971. The van der Waals surface area contributed by atoms with Crippen LogP contribution in [-0.4, -0.2) is 37.6 Å². The fourth-order valence-electron chi connectivity index (χ4n) is 2.74. The molecule has 0 aliphatic carbocycles. The molecule has 1 atom stereocenters. The second-order valence-corrected chi connectivity index (χ2v) is 7.56. The SMILES string of the molecule is COC(=O)N1CC(c2cccc(O)c2)N(c2ccc(Cl)cc2)S1(=O)=O. The summed E-state index contributed by atoms with van der Waals surface area (Å²) >= 11 is 5.88. The van der Waals surface area contributed by atoms with Gasteiger partial charge in [-0.15, -0.1) is 0 Å². The molecule has 1 fully saturated rings. The molecule has 9 heteroatoms. The molecule has 0 radical (unpaired) electrons. The van der Waals surface area contributed by atoms with Crippen LogP contribution in [0.15, 0.2) is 48.5 Å². The number of anilines is 1. The van der Waals surface area contributed by atoms with Crippen LogP contribution in [-0.2, 0) is 14.9 Å². The summed E-state index contributed by atoms with van der Waals surface area (Å²) in [5.74, 6) is 0.00229. The third-order valence-electron chi connectivity index (χ3n) is 3.86. The van der Waals surface area contributed by atoms with Crippen LogP contribution in [0.2, 0.25) is 5.02 Å². The molecular formula is C16H15ClN2O5S. The number of rotatable bonds is 2. The number of phenols is 1. The molecule has 1 aliphatic heterocycles. The van der Waals surface area contributed by atoms with Crippen molar-refractivity contribution >= 4 is 33.6 Å². The minimum Gasteiger partial charge on any atom is -0.508 e. The van der Waals surface area contributed by atoms with Crippen molar-refractivity contribution < 1.29 is 23.1 Å². The number of amides is 1. The van der Waals surface area contributed by atoms with Gasteiger partial charge < -0.3 is 9.84 Å². The zero-order valence-electron chi connectivity index (χ0n) is 13.2. The summed E-state index contributed by atoms with van der Waals surface area (Å²) < 4.78 is 32.2. The maximum atomic E-state index is 12.9. The van der Waals surface area contributed by atoms with E-state index in [0.29, 0.717) is 20.6 Å². The second kappa shape index (κ2) is 6.45. The van der Waals surface area contributed by atoms with Gasteiger partial charge in [0.15, 0.2) is 0 Å². The van der Waals surface area contributed by atoms with Gasteiger partial charge in [0.25, 0.3) is 0 Å². The molecule has 2 aromatic carbocycles. The standard InChI is InChI=1S/C16H15ClN2O5S/c1-24-16(21)18-10-15(11-3-2-4-14(20)9-11)19(25(18,22)23)13-7-5-12(17)6-8-13/h2-9,15,20H,10H2,1H3. The summed E-state index contributed by atoms with van der Waals surface area (Å²) in [6.45, 7) is -0.138.